The van der Waals surface area contributed by atoms with E-state index in [1.807, 2.05) is 19.4 Å². The molecule has 0 radical (unpaired) electrons. The molecule has 1 aromatic heterocycles. The standard InChI is InChI=1S/C15H25N3O2S/c1-3-20-15(19)14-17-12(11-21-14)10-18-9-5-4-6-13(18)7-8-16-2/h11,13,16H,3-10H2,1-2H3. The van der Waals surface area contributed by atoms with Gasteiger partial charge in [0.1, 0.15) is 0 Å². The van der Waals surface area contributed by atoms with Gasteiger partial charge < -0.3 is 10.1 Å². The third-order valence-electron chi connectivity index (χ3n) is 3.84. The van der Waals surface area contributed by atoms with E-state index in [9.17, 15) is 4.79 Å². The summed E-state index contributed by atoms with van der Waals surface area (Å²) in [7, 11) is 2.00. The van der Waals surface area contributed by atoms with Crippen molar-refractivity contribution in [2.75, 3.05) is 26.7 Å². The molecular weight excluding hydrogens is 286 g/mol. The number of carbonyl (C=O) groups excluding carboxylic acids is 1. The average molecular weight is 311 g/mol. The molecule has 1 atom stereocenters. The Labute approximate surface area is 130 Å². The van der Waals surface area contributed by atoms with Crippen LogP contribution in [0.1, 0.15) is 48.1 Å². The molecule has 1 saturated heterocycles. The lowest BCUT2D eigenvalue weighted by Crippen LogP contribution is -2.40. The topological polar surface area (TPSA) is 54.5 Å². The van der Waals surface area contributed by atoms with Crippen LogP contribution in [0.25, 0.3) is 0 Å². The molecule has 6 heteroatoms. The summed E-state index contributed by atoms with van der Waals surface area (Å²) in [5.74, 6) is -0.306. The van der Waals surface area contributed by atoms with Crippen molar-refractivity contribution >= 4 is 17.3 Å². The van der Waals surface area contributed by atoms with E-state index >= 15 is 0 Å². The van der Waals surface area contributed by atoms with E-state index in [4.69, 9.17) is 4.74 Å². The summed E-state index contributed by atoms with van der Waals surface area (Å²) in [5, 5.41) is 5.68. The zero-order valence-electron chi connectivity index (χ0n) is 12.9. The normalized spacial score (nSPS) is 19.6. The quantitative estimate of drug-likeness (QED) is 0.783. The predicted molar refractivity (Wildman–Crippen MR) is 84.7 cm³/mol. The maximum Gasteiger partial charge on any atom is 0.367 e. The number of aromatic nitrogens is 1. The van der Waals surface area contributed by atoms with Crippen molar-refractivity contribution in [1.82, 2.24) is 15.2 Å². The summed E-state index contributed by atoms with van der Waals surface area (Å²) in [6, 6.07) is 0.624. The zero-order chi connectivity index (χ0) is 15.1. The van der Waals surface area contributed by atoms with E-state index in [0.717, 1.165) is 25.3 Å². The van der Waals surface area contributed by atoms with Gasteiger partial charge in [0.2, 0.25) is 5.01 Å². The van der Waals surface area contributed by atoms with E-state index in [-0.39, 0.29) is 5.97 Å². The highest BCUT2D eigenvalue weighted by Crippen LogP contribution is 2.22. The lowest BCUT2D eigenvalue weighted by atomic mass is 9.99. The molecule has 2 heterocycles. The number of ether oxygens (including phenoxy) is 1. The molecular formula is C15H25N3O2S. The fourth-order valence-electron chi connectivity index (χ4n) is 2.78. The molecule has 118 valence electrons. The first kappa shape index (κ1) is 16.4. The van der Waals surface area contributed by atoms with Gasteiger partial charge in [0.05, 0.1) is 12.3 Å². The summed E-state index contributed by atoms with van der Waals surface area (Å²) in [5.41, 5.74) is 0.986. The molecule has 1 aromatic rings. The maximum atomic E-state index is 11.7. The molecule has 0 saturated carbocycles. The van der Waals surface area contributed by atoms with Crippen molar-refractivity contribution in [2.24, 2.45) is 0 Å². The summed E-state index contributed by atoms with van der Waals surface area (Å²) in [6.45, 7) is 5.22. The minimum Gasteiger partial charge on any atom is -0.461 e. The molecule has 1 aliphatic rings. The number of thiazole rings is 1. The van der Waals surface area contributed by atoms with Gasteiger partial charge in [-0.25, -0.2) is 9.78 Å². The summed E-state index contributed by atoms with van der Waals surface area (Å²) >= 11 is 1.38. The van der Waals surface area contributed by atoms with Crippen LogP contribution in [-0.2, 0) is 11.3 Å². The van der Waals surface area contributed by atoms with Gasteiger partial charge >= 0.3 is 5.97 Å². The highest BCUT2D eigenvalue weighted by molar-refractivity contribution is 7.11. The Morgan fingerprint density at radius 3 is 3.19 bits per heavy atom. The SMILES string of the molecule is CCOC(=O)c1nc(CN2CCCCC2CCNC)cs1. The van der Waals surface area contributed by atoms with Gasteiger partial charge in [-0.2, -0.15) is 0 Å². The summed E-state index contributed by atoms with van der Waals surface area (Å²) < 4.78 is 4.99. The monoisotopic (exact) mass is 311 g/mol. The largest absolute Gasteiger partial charge is 0.461 e. The molecule has 1 fully saturated rings. The number of piperidine rings is 1. The van der Waals surface area contributed by atoms with Crippen LogP contribution in [0.4, 0.5) is 0 Å². The van der Waals surface area contributed by atoms with Gasteiger partial charge in [0.15, 0.2) is 0 Å². The summed E-state index contributed by atoms with van der Waals surface area (Å²) in [6.07, 6.45) is 5.00. The Balaban J connectivity index is 1.94. The fourth-order valence-corrected chi connectivity index (χ4v) is 3.48. The van der Waals surface area contributed by atoms with E-state index in [1.165, 1.54) is 37.0 Å². The zero-order valence-corrected chi connectivity index (χ0v) is 13.7. The second-order valence-electron chi connectivity index (χ2n) is 5.38. The molecule has 5 nitrogen and oxygen atoms in total. The lowest BCUT2D eigenvalue weighted by molar-refractivity contribution is 0.0525. The Morgan fingerprint density at radius 1 is 1.57 bits per heavy atom. The van der Waals surface area contributed by atoms with Crippen LogP contribution in [-0.4, -0.2) is 48.6 Å². The van der Waals surface area contributed by atoms with Crippen LogP contribution in [0.2, 0.25) is 0 Å². The second-order valence-corrected chi connectivity index (χ2v) is 6.23. The van der Waals surface area contributed by atoms with Crippen LogP contribution in [0.15, 0.2) is 5.38 Å². The third-order valence-corrected chi connectivity index (χ3v) is 4.71. The highest BCUT2D eigenvalue weighted by atomic mass is 32.1. The Hall–Kier alpha value is -0.980. The number of hydrogen-bond acceptors (Lipinski definition) is 6. The van der Waals surface area contributed by atoms with Gasteiger partial charge in [-0.3, -0.25) is 4.90 Å². The van der Waals surface area contributed by atoms with E-state index < -0.39 is 0 Å². The molecule has 0 bridgehead atoms. The Kier molecular flexibility index (Phi) is 6.60. The Morgan fingerprint density at radius 2 is 2.43 bits per heavy atom. The van der Waals surface area contributed by atoms with Crippen molar-refractivity contribution < 1.29 is 9.53 Å². The van der Waals surface area contributed by atoms with Gasteiger partial charge in [0, 0.05) is 18.0 Å². The van der Waals surface area contributed by atoms with Crippen molar-refractivity contribution in [2.45, 2.75) is 45.2 Å². The second kappa shape index (κ2) is 8.46. The maximum absolute atomic E-state index is 11.7. The molecule has 2 rings (SSSR count). The molecule has 1 aliphatic heterocycles. The van der Waals surface area contributed by atoms with Gasteiger partial charge in [-0.1, -0.05) is 6.42 Å². The number of nitrogens with one attached hydrogen (secondary N) is 1. The van der Waals surface area contributed by atoms with Gasteiger partial charge in [-0.15, -0.1) is 11.3 Å². The number of nitrogens with zero attached hydrogens (tertiary/aromatic N) is 2. The van der Waals surface area contributed by atoms with Gasteiger partial charge in [-0.05, 0) is 46.3 Å². The molecule has 0 aliphatic carbocycles. The number of rotatable bonds is 7. The van der Waals surface area contributed by atoms with Crippen LogP contribution < -0.4 is 5.32 Å². The molecule has 1 unspecified atom stereocenters. The van der Waals surface area contributed by atoms with E-state index in [1.54, 1.807) is 0 Å². The van der Waals surface area contributed by atoms with Crippen LogP contribution in [0.5, 0.6) is 0 Å². The first-order valence-electron chi connectivity index (χ1n) is 7.74. The first-order chi connectivity index (χ1) is 10.2. The van der Waals surface area contributed by atoms with Crippen molar-refractivity contribution in [1.29, 1.82) is 0 Å². The van der Waals surface area contributed by atoms with E-state index in [0.29, 0.717) is 17.7 Å². The van der Waals surface area contributed by atoms with E-state index in [2.05, 4.69) is 15.2 Å². The van der Waals surface area contributed by atoms with Crippen LogP contribution >= 0.6 is 11.3 Å². The van der Waals surface area contributed by atoms with Crippen LogP contribution in [0.3, 0.4) is 0 Å². The molecule has 0 amide bonds. The fraction of sp³-hybridized carbons (Fsp3) is 0.733. The molecule has 21 heavy (non-hydrogen) atoms. The minimum atomic E-state index is -0.306. The van der Waals surface area contributed by atoms with Gasteiger partial charge in [0.25, 0.3) is 0 Å². The van der Waals surface area contributed by atoms with Crippen molar-refractivity contribution in [3.8, 4) is 0 Å². The first-order valence-corrected chi connectivity index (χ1v) is 8.62. The summed E-state index contributed by atoms with van der Waals surface area (Å²) in [4.78, 5) is 18.6. The van der Waals surface area contributed by atoms with Crippen LogP contribution in [0, 0.1) is 0 Å². The van der Waals surface area contributed by atoms with Crippen molar-refractivity contribution in [3.63, 3.8) is 0 Å². The number of esters is 1. The Bertz CT molecular complexity index is 450. The highest BCUT2D eigenvalue weighted by Gasteiger charge is 2.23. The molecule has 0 aromatic carbocycles. The molecule has 1 N–H and O–H groups in total. The minimum absolute atomic E-state index is 0.306. The lowest BCUT2D eigenvalue weighted by Gasteiger charge is -2.35. The molecule has 0 spiro atoms. The number of likely N-dealkylation sites (tertiary alicyclic amines) is 1. The third kappa shape index (κ3) is 4.76. The predicted octanol–water partition coefficient (Wildman–Crippen LogP) is 2.28. The number of carbonyl (C=O) groups is 1. The average Bonchev–Trinajstić information content (AvgIpc) is 2.95. The smallest absolute Gasteiger partial charge is 0.367 e. The number of hydrogen-bond donors (Lipinski definition) is 1. The van der Waals surface area contributed by atoms with Crippen molar-refractivity contribution in [3.05, 3.63) is 16.1 Å².